The maximum absolute atomic E-state index is 11.2. The van der Waals surface area contributed by atoms with Gasteiger partial charge in [-0.3, -0.25) is 9.59 Å². The molecule has 0 spiro atoms. The van der Waals surface area contributed by atoms with E-state index in [1.807, 2.05) is 30.3 Å². The van der Waals surface area contributed by atoms with E-state index in [4.69, 9.17) is 11.8 Å². The molecular weight excluding hydrogens is 214 g/mol. The van der Waals surface area contributed by atoms with Crippen molar-refractivity contribution in [2.75, 3.05) is 6.54 Å². The van der Waals surface area contributed by atoms with Crippen LogP contribution in [0.4, 0.5) is 0 Å². The van der Waals surface area contributed by atoms with Gasteiger partial charge in [0.15, 0.2) is 0 Å². The lowest BCUT2D eigenvalue weighted by Gasteiger charge is -2.05. The normalized spacial score (nSPS) is 10.2. The zero-order valence-electron chi connectivity index (χ0n) is 7.89. The van der Waals surface area contributed by atoms with E-state index in [9.17, 15) is 9.59 Å². The smallest absolute Gasteiger partial charge is 0.261 e. The van der Waals surface area contributed by atoms with Gasteiger partial charge in [-0.2, -0.15) is 0 Å². The van der Waals surface area contributed by atoms with E-state index >= 15 is 0 Å². The van der Waals surface area contributed by atoms with Gasteiger partial charge in [0.2, 0.25) is 6.29 Å². The molecule has 0 aliphatic heterocycles. The van der Waals surface area contributed by atoms with Gasteiger partial charge in [0.1, 0.15) is 6.54 Å². The third kappa shape index (κ3) is 3.95. The summed E-state index contributed by atoms with van der Waals surface area (Å²) >= 11 is 5.47. The van der Waals surface area contributed by atoms with Gasteiger partial charge >= 0.3 is 0 Å². The maximum Gasteiger partial charge on any atom is 0.261 e. The van der Waals surface area contributed by atoms with Gasteiger partial charge in [-0.05, 0) is 11.6 Å². The number of hydrogen-bond donors (Lipinski definition) is 0. The van der Waals surface area contributed by atoms with Crippen LogP contribution >= 0.6 is 11.8 Å². The summed E-state index contributed by atoms with van der Waals surface area (Å²) in [4.78, 5) is 21.2. The highest BCUT2D eigenvalue weighted by molar-refractivity contribution is 6.24. The first-order valence-electron chi connectivity index (χ1n) is 4.29. The second-order valence-corrected chi connectivity index (χ2v) is 3.15. The summed E-state index contributed by atoms with van der Waals surface area (Å²) in [5.74, 6) is -0.441. The number of carbonyl (C=O) groups excluding carboxylic acids is 2. The summed E-state index contributed by atoms with van der Waals surface area (Å²) < 4.78 is 0.770. The van der Waals surface area contributed by atoms with Gasteiger partial charge in [0, 0.05) is 17.9 Å². The molecule has 15 heavy (non-hydrogen) atoms. The van der Waals surface area contributed by atoms with Crippen LogP contribution in [-0.2, 0) is 9.59 Å². The molecule has 1 aromatic rings. The van der Waals surface area contributed by atoms with Crippen LogP contribution in [0, 0.1) is 0 Å². The number of benzene rings is 1. The molecule has 1 radical (unpaired) electrons. The fraction of sp³-hybridized carbons (Fsp3) is 0.0909. The molecule has 4 heteroatoms. The minimum absolute atomic E-state index is 0.237. The standard InChI is InChI=1S/C11H9ClNO2/c12-13(8-9-14)11(15)7-6-10-4-2-1-3-5-10/h1-7H,8H2. The highest BCUT2D eigenvalue weighted by Gasteiger charge is 2.05. The summed E-state index contributed by atoms with van der Waals surface area (Å²) in [7, 11) is 0. The van der Waals surface area contributed by atoms with Gasteiger partial charge in [-0.15, -0.1) is 0 Å². The van der Waals surface area contributed by atoms with E-state index in [-0.39, 0.29) is 6.54 Å². The molecule has 1 rings (SSSR count). The van der Waals surface area contributed by atoms with Crippen LogP contribution < -0.4 is 0 Å². The lowest BCUT2D eigenvalue weighted by Crippen LogP contribution is -2.20. The van der Waals surface area contributed by atoms with Crippen molar-refractivity contribution in [2.24, 2.45) is 0 Å². The average Bonchev–Trinajstić information content (AvgIpc) is 2.27. The molecular formula is C11H9ClNO2. The van der Waals surface area contributed by atoms with Crippen LogP contribution in [0.1, 0.15) is 5.56 Å². The lowest BCUT2D eigenvalue weighted by atomic mass is 10.2. The predicted molar refractivity (Wildman–Crippen MR) is 58.7 cm³/mol. The molecule has 0 saturated heterocycles. The van der Waals surface area contributed by atoms with Gasteiger partial charge in [0.05, 0.1) is 0 Å². The fourth-order valence-electron chi connectivity index (χ4n) is 0.947. The Labute approximate surface area is 93.1 Å². The van der Waals surface area contributed by atoms with Crippen molar-refractivity contribution in [3.63, 3.8) is 0 Å². The molecule has 0 aliphatic rings. The quantitative estimate of drug-likeness (QED) is 0.575. The molecule has 0 unspecified atom stereocenters. The summed E-state index contributed by atoms with van der Waals surface area (Å²) in [6.07, 6.45) is 4.47. The van der Waals surface area contributed by atoms with Gasteiger partial charge in [0.25, 0.3) is 5.91 Å². The van der Waals surface area contributed by atoms with Gasteiger partial charge < -0.3 is 0 Å². The van der Waals surface area contributed by atoms with Crippen LogP contribution in [0.5, 0.6) is 0 Å². The SMILES string of the molecule is O=[C]CN(Cl)C(=O)C=Cc1ccccc1. The van der Waals surface area contributed by atoms with E-state index in [0.29, 0.717) is 0 Å². The largest absolute Gasteiger partial charge is 0.289 e. The van der Waals surface area contributed by atoms with E-state index in [2.05, 4.69) is 0 Å². The Morgan fingerprint density at radius 3 is 2.67 bits per heavy atom. The van der Waals surface area contributed by atoms with Crippen molar-refractivity contribution in [2.45, 2.75) is 0 Å². The fourth-order valence-corrected chi connectivity index (χ4v) is 1.05. The number of carbonyl (C=O) groups is 1. The van der Waals surface area contributed by atoms with E-state index < -0.39 is 5.91 Å². The second kappa shape index (κ2) is 5.98. The third-order valence-corrected chi connectivity index (χ3v) is 1.95. The third-order valence-electron chi connectivity index (χ3n) is 1.66. The minimum atomic E-state index is -0.441. The van der Waals surface area contributed by atoms with Crippen molar-refractivity contribution in [3.8, 4) is 0 Å². The molecule has 0 heterocycles. The molecule has 1 aromatic carbocycles. The van der Waals surface area contributed by atoms with Crippen molar-refractivity contribution < 1.29 is 9.59 Å². The summed E-state index contributed by atoms with van der Waals surface area (Å²) in [6, 6.07) is 9.32. The summed E-state index contributed by atoms with van der Waals surface area (Å²) in [6.45, 7) is -0.237. The van der Waals surface area contributed by atoms with Gasteiger partial charge in [-0.25, -0.2) is 4.42 Å². The topological polar surface area (TPSA) is 37.4 Å². The average molecular weight is 223 g/mol. The molecule has 0 fully saturated rings. The Balaban J connectivity index is 2.58. The number of halogens is 1. The van der Waals surface area contributed by atoms with E-state index in [1.165, 1.54) is 12.4 Å². The first kappa shape index (κ1) is 11.5. The van der Waals surface area contributed by atoms with Crippen molar-refractivity contribution >= 4 is 30.0 Å². The van der Waals surface area contributed by atoms with Crippen molar-refractivity contribution in [3.05, 3.63) is 42.0 Å². The van der Waals surface area contributed by atoms with Crippen LogP contribution in [0.3, 0.4) is 0 Å². The first-order valence-corrected chi connectivity index (χ1v) is 4.63. The van der Waals surface area contributed by atoms with Crippen molar-refractivity contribution in [1.29, 1.82) is 0 Å². The zero-order chi connectivity index (χ0) is 11.1. The zero-order valence-corrected chi connectivity index (χ0v) is 8.65. The number of hydrogen-bond acceptors (Lipinski definition) is 2. The Bertz CT molecular complexity index is 362. The monoisotopic (exact) mass is 222 g/mol. The Morgan fingerprint density at radius 2 is 2.07 bits per heavy atom. The molecule has 0 N–H and O–H groups in total. The lowest BCUT2D eigenvalue weighted by molar-refractivity contribution is -0.121. The molecule has 0 saturated carbocycles. The molecule has 1 amide bonds. The molecule has 0 aliphatic carbocycles. The van der Waals surface area contributed by atoms with E-state index in [1.54, 1.807) is 6.08 Å². The summed E-state index contributed by atoms with van der Waals surface area (Å²) in [5, 5.41) is 0. The molecule has 0 bridgehead atoms. The second-order valence-electron chi connectivity index (χ2n) is 2.75. The van der Waals surface area contributed by atoms with Crippen LogP contribution in [0.15, 0.2) is 36.4 Å². The molecule has 0 atom stereocenters. The summed E-state index contributed by atoms with van der Waals surface area (Å²) in [5.41, 5.74) is 0.894. The highest BCUT2D eigenvalue weighted by atomic mass is 35.5. The van der Waals surface area contributed by atoms with Gasteiger partial charge in [-0.1, -0.05) is 30.3 Å². The first-order chi connectivity index (χ1) is 7.24. The maximum atomic E-state index is 11.2. The van der Waals surface area contributed by atoms with Crippen LogP contribution in [0.2, 0.25) is 0 Å². The van der Waals surface area contributed by atoms with Crippen LogP contribution in [-0.4, -0.2) is 23.2 Å². The number of nitrogens with zero attached hydrogens (tertiary/aromatic N) is 1. The number of rotatable bonds is 4. The molecule has 3 nitrogen and oxygen atoms in total. The highest BCUT2D eigenvalue weighted by Crippen LogP contribution is 2.02. The number of amides is 1. The molecule has 0 aromatic heterocycles. The van der Waals surface area contributed by atoms with Crippen LogP contribution in [0.25, 0.3) is 6.08 Å². The predicted octanol–water partition coefficient (Wildman–Crippen LogP) is 1.79. The Morgan fingerprint density at radius 1 is 1.40 bits per heavy atom. The molecule has 77 valence electrons. The van der Waals surface area contributed by atoms with E-state index in [0.717, 1.165) is 9.98 Å². The van der Waals surface area contributed by atoms with Crippen molar-refractivity contribution in [1.82, 2.24) is 4.42 Å². The Hall–Kier alpha value is -1.61. The Kier molecular flexibility index (Phi) is 4.57. The minimum Gasteiger partial charge on any atom is -0.289 e.